The van der Waals surface area contributed by atoms with Crippen LogP contribution in [0.15, 0.2) is 16.7 Å². The van der Waals surface area contributed by atoms with E-state index >= 15 is 0 Å². The van der Waals surface area contributed by atoms with Crippen LogP contribution in [0.25, 0.3) is 0 Å². The van der Waals surface area contributed by atoms with Gasteiger partial charge in [0.1, 0.15) is 5.69 Å². The Bertz CT molecular complexity index is 392. The van der Waals surface area contributed by atoms with Crippen molar-refractivity contribution in [3.8, 4) is 0 Å². The van der Waals surface area contributed by atoms with Gasteiger partial charge < -0.3 is 9.47 Å². The monoisotopic (exact) mass is 284 g/mol. The van der Waals surface area contributed by atoms with Crippen LogP contribution in [-0.4, -0.2) is 28.5 Å². The van der Waals surface area contributed by atoms with Crippen LogP contribution in [0.2, 0.25) is 0 Å². The first-order chi connectivity index (χ1) is 7.67. The summed E-state index contributed by atoms with van der Waals surface area (Å²) >= 11 is 3.45. The van der Waals surface area contributed by atoms with Crippen molar-refractivity contribution < 1.29 is 4.79 Å². The number of rotatable bonds is 4. The molecule has 1 aromatic rings. The SMILES string of the molecule is CCN(CC)C(=O)c1cc(Br)cn1C1CC1. The average molecular weight is 285 g/mol. The van der Waals surface area contributed by atoms with E-state index in [0.717, 1.165) is 23.3 Å². The van der Waals surface area contributed by atoms with Gasteiger partial charge in [-0.3, -0.25) is 4.79 Å². The Hall–Kier alpha value is -0.770. The summed E-state index contributed by atoms with van der Waals surface area (Å²) in [4.78, 5) is 14.1. The highest BCUT2D eigenvalue weighted by atomic mass is 79.9. The highest BCUT2D eigenvalue weighted by Crippen LogP contribution is 2.37. The molecule has 0 saturated heterocycles. The molecule has 0 spiro atoms. The molecule has 88 valence electrons. The van der Waals surface area contributed by atoms with E-state index in [0.29, 0.717) is 6.04 Å². The van der Waals surface area contributed by atoms with Crippen LogP contribution < -0.4 is 0 Å². The Morgan fingerprint density at radius 2 is 2.12 bits per heavy atom. The van der Waals surface area contributed by atoms with Crippen LogP contribution in [0, 0.1) is 0 Å². The Labute approximate surface area is 105 Å². The van der Waals surface area contributed by atoms with Crippen molar-refractivity contribution in [2.45, 2.75) is 32.7 Å². The number of aromatic nitrogens is 1. The molecule has 0 atom stereocenters. The number of nitrogens with zero attached hydrogens (tertiary/aromatic N) is 2. The number of hydrogen-bond acceptors (Lipinski definition) is 1. The molecule has 0 N–H and O–H groups in total. The number of hydrogen-bond donors (Lipinski definition) is 0. The molecule has 2 rings (SSSR count). The summed E-state index contributed by atoms with van der Waals surface area (Å²) < 4.78 is 3.11. The van der Waals surface area contributed by atoms with Gasteiger partial charge in [0.25, 0.3) is 5.91 Å². The Morgan fingerprint density at radius 1 is 1.50 bits per heavy atom. The second-order valence-corrected chi connectivity index (χ2v) is 5.08. The third-order valence-electron chi connectivity index (χ3n) is 3.03. The van der Waals surface area contributed by atoms with E-state index in [-0.39, 0.29) is 5.91 Å². The summed E-state index contributed by atoms with van der Waals surface area (Å²) in [5, 5.41) is 0. The van der Waals surface area contributed by atoms with E-state index in [1.54, 1.807) is 0 Å². The molecule has 4 heteroatoms. The zero-order chi connectivity index (χ0) is 11.7. The van der Waals surface area contributed by atoms with E-state index in [2.05, 4.69) is 20.5 Å². The maximum absolute atomic E-state index is 12.3. The molecular weight excluding hydrogens is 268 g/mol. The minimum Gasteiger partial charge on any atom is -0.339 e. The van der Waals surface area contributed by atoms with Gasteiger partial charge in [-0.05, 0) is 48.7 Å². The van der Waals surface area contributed by atoms with Crippen molar-refractivity contribution in [2.24, 2.45) is 0 Å². The quantitative estimate of drug-likeness (QED) is 0.834. The van der Waals surface area contributed by atoms with Gasteiger partial charge in [0.15, 0.2) is 0 Å². The maximum atomic E-state index is 12.3. The van der Waals surface area contributed by atoms with Crippen molar-refractivity contribution in [2.75, 3.05) is 13.1 Å². The third kappa shape index (κ3) is 2.17. The summed E-state index contributed by atoms with van der Waals surface area (Å²) in [6, 6.07) is 2.47. The number of halogens is 1. The van der Waals surface area contributed by atoms with E-state index in [1.807, 2.05) is 31.0 Å². The van der Waals surface area contributed by atoms with Gasteiger partial charge >= 0.3 is 0 Å². The van der Waals surface area contributed by atoms with Crippen molar-refractivity contribution >= 4 is 21.8 Å². The van der Waals surface area contributed by atoms with Gasteiger partial charge in [-0.25, -0.2) is 0 Å². The molecule has 1 aliphatic carbocycles. The second-order valence-electron chi connectivity index (χ2n) is 4.16. The lowest BCUT2D eigenvalue weighted by molar-refractivity contribution is 0.0762. The Morgan fingerprint density at radius 3 is 2.62 bits per heavy atom. The topological polar surface area (TPSA) is 25.2 Å². The second kappa shape index (κ2) is 4.62. The summed E-state index contributed by atoms with van der Waals surface area (Å²) in [6.07, 6.45) is 4.41. The van der Waals surface area contributed by atoms with Crippen molar-refractivity contribution in [1.29, 1.82) is 0 Å². The first kappa shape index (κ1) is 11.7. The first-order valence-corrected chi connectivity index (χ1v) is 6.63. The smallest absolute Gasteiger partial charge is 0.270 e. The third-order valence-corrected chi connectivity index (χ3v) is 3.46. The normalized spacial score (nSPS) is 15.2. The predicted molar refractivity (Wildman–Crippen MR) is 67.7 cm³/mol. The molecule has 3 nitrogen and oxygen atoms in total. The lowest BCUT2D eigenvalue weighted by Crippen LogP contribution is -2.31. The predicted octanol–water partition coefficient (Wildman–Crippen LogP) is 3.07. The molecule has 0 radical (unpaired) electrons. The maximum Gasteiger partial charge on any atom is 0.270 e. The molecule has 0 bridgehead atoms. The molecule has 1 heterocycles. The summed E-state index contributed by atoms with van der Waals surface area (Å²) in [7, 11) is 0. The van der Waals surface area contributed by atoms with Crippen LogP contribution in [0.1, 0.15) is 43.2 Å². The van der Waals surface area contributed by atoms with Gasteiger partial charge in [-0.1, -0.05) is 0 Å². The lowest BCUT2D eigenvalue weighted by atomic mass is 10.3. The number of amides is 1. The number of carbonyl (C=O) groups excluding carboxylic acids is 1. The van der Waals surface area contributed by atoms with Crippen molar-refractivity contribution in [3.63, 3.8) is 0 Å². The van der Waals surface area contributed by atoms with Crippen LogP contribution >= 0.6 is 15.9 Å². The molecule has 0 aliphatic heterocycles. The highest BCUT2D eigenvalue weighted by molar-refractivity contribution is 9.10. The van der Waals surface area contributed by atoms with Crippen LogP contribution in [0.3, 0.4) is 0 Å². The van der Waals surface area contributed by atoms with Gasteiger partial charge in [0.2, 0.25) is 0 Å². The molecule has 0 aromatic carbocycles. The summed E-state index contributed by atoms with van der Waals surface area (Å²) in [5.74, 6) is 0.141. The lowest BCUT2D eigenvalue weighted by Gasteiger charge is -2.19. The summed E-state index contributed by atoms with van der Waals surface area (Å²) in [5.41, 5.74) is 0.818. The fourth-order valence-corrected chi connectivity index (χ4v) is 2.38. The standard InChI is InChI=1S/C12H17BrN2O/c1-3-14(4-2)12(16)11-7-9(13)8-15(11)10-5-6-10/h7-8,10H,3-6H2,1-2H3. The molecule has 0 unspecified atom stereocenters. The van der Waals surface area contributed by atoms with E-state index in [4.69, 9.17) is 0 Å². The van der Waals surface area contributed by atoms with Crippen molar-refractivity contribution in [3.05, 3.63) is 22.4 Å². The van der Waals surface area contributed by atoms with Crippen LogP contribution in [-0.2, 0) is 0 Å². The van der Waals surface area contributed by atoms with Crippen LogP contribution in [0.4, 0.5) is 0 Å². The van der Waals surface area contributed by atoms with Crippen LogP contribution in [0.5, 0.6) is 0 Å². The van der Waals surface area contributed by atoms with E-state index < -0.39 is 0 Å². The molecule has 1 fully saturated rings. The molecule has 16 heavy (non-hydrogen) atoms. The average Bonchev–Trinajstić information content (AvgIpc) is 3.03. The molecule has 1 saturated carbocycles. The molecule has 1 aliphatic rings. The zero-order valence-electron chi connectivity index (χ0n) is 9.74. The zero-order valence-corrected chi connectivity index (χ0v) is 11.3. The van der Waals surface area contributed by atoms with Gasteiger partial charge in [0.05, 0.1) is 0 Å². The Kier molecular flexibility index (Phi) is 3.38. The van der Waals surface area contributed by atoms with Gasteiger partial charge in [-0.15, -0.1) is 0 Å². The highest BCUT2D eigenvalue weighted by Gasteiger charge is 2.28. The summed E-state index contributed by atoms with van der Waals surface area (Å²) in [6.45, 7) is 5.56. The van der Waals surface area contributed by atoms with Gasteiger partial charge in [0, 0.05) is 29.8 Å². The minimum absolute atomic E-state index is 0.141. The van der Waals surface area contributed by atoms with E-state index in [9.17, 15) is 4.79 Å². The number of carbonyl (C=O) groups is 1. The fourth-order valence-electron chi connectivity index (χ4n) is 1.94. The molecule has 1 amide bonds. The molecular formula is C12H17BrN2O. The van der Waals surface area contributed by atoms with E-state index in [1.165, 1.54) is 12.8 Å². The Balaban J connectivity index is 2.27. The fraction of sp³-hybridized carbons (Fsp3) is 0.583. The largest absolute Gasteiger partial charge is 0.339 e. The molecule has 1 aromatic heterocycles. The van der Waals surface area contributed by atoms with Crippen molar-refractivity contribution in [1.82, 2.24) is 9.47 Å². The van der Waals surface area contributed by atoms with Gasteiger partial charge in [-0.2, -0.15) is 0 Å². The first-order valence-electron chi connectivity index (χ1n) is 5.84. The minimum atomic E-state index is 0.141.